The zero-order valence-electron chi connectivity index (χ0n) is 5.16. The highest BCUT2D eigenvalue weighted by Crippen LogP contribution is 2.13. The molecule has 2 rings (SSSR count). The molecule has 0 bridgehead atoms. The number of imidazole rings is 1. The molecule has 0 aliphatic rings. The molecular weight excluding hydrogens is 239 g/mol. The third-order valence-corrected chi connectivity index (χ3v) is 2.18. The van der Waals surface area contributed by atoms with Crippen molar-refractivity contribution in [2.45, 2.75) is 0 Å². The molecule has 0 saturated heterocycles. The van der Waals surface area contributed by atoms with E-state index in [9.17, 15) is 0 Å². The van der Waals surface area contributed by atoms with Gasteiger partial charge >= 0.3 is 0 Å². The van der Waals surface area contributed by atoms with Crippen LogP contribution in [0.1, 0.15) is 0 Å². The summed E-state index contributed by atoms with van der Waals surface area (Å²) in [6, 6.07) is 8.06. The number of fused-ring (bicyclic) bond motifs is 1. The van der Waals surface area contributed by atoms with Gasteiger partial charge in [-0.1, -0.05) is 12.1 Å². The van der Waals surface area contributed by atoms with E-state index in [-0.39, 0.29) is 0 Å². The maximum absolute atomic E-state index is 4.17. The second-order valence-corrected chi connectivity index (χ2v) is 3.08. The van der Waals surface area contributed by atoms with Crippen molar-refractivity contribution < 1.29 is 0 Å². The number of halogens is 1. The minimum absolute atomic E-state index is 1.05. The Labute approximate surface area is 72.4 Å². The lowest BCUT2D eigenvalue weighted by Crippen LogP contribution is -1.71. The summed E-state index contributed by atoms with van der Waals surface area (Å²) in [7, 11) is 0. The topological polar surface area (TPSA) is 17.8 Å². The van der Waals surface area contributed by atoms with Crippen LogP contribution in [0.3, 0.4) is 0 Å². The molecule has 0 radical (unpaired) electrons. The van der Waals surface area contributed by atoms with E-state index >= 15 is 0 Å². The van der Waals surface area contributed by atoms with Crippen LogP contribution in [0, 0.1) is 0 Å². The van der Waals surface area contributed by atoms with Crippen LogP contribution >= 0.6 is 22.9 Å². The molecule has 0 aliphatic carbocycles. The number of para-hydroxylation sites is 2. The first-order valence-electron chi connectivity index (χ1n) is 2.96. The van der Waals surface area contributed by atoms with Gasteiger partial charge in [-0.3, -0.25) is 2.78 Å². The van der Waals surface area contributed by atoms with E-state index < -0.39 is 0 Å². The van der Waals surface area contributed by atoms with Gasteiger partial charge in [-0.05, 0) is 12.1 Å². The Morgan fingerprint density at radius 3 is 2.90 bits per heavy atom. The van der Waals surface area contributed by atoms with E-state index in [1.54, 1.807) is 0 Å². The summed E-state index contributed by atoms with van der Waals surface area (Å²) >= 11 is 2.21. The van der Waals surface area contributed by atoms with Crippen LogP contribution < -0.4 is 0 Å². The molecule has 0 N–H and O–H groups in total. The van der Waals surface area contributed by atoms with Crippen molar-refractivity contribution in [3.05, 3.63) is 30.6 Å². The molecule has 50 valence electrons. The number of hydrogen-bond acceptors (Lipinski definition) is 1. The number of aromatic nitrogens is 2. The molecule has 10 heavy (non-hydrogen) atoms. The molecule has 3 heteroatoms. The number of hydrogen-bond donors (Lipinski definition) is 0. The molecule has 1 heterocycles. The number of nitrogens with zero attached hydrogens (tertiary/aromatic N) is 2. The van der Waals surface area contributed by atoms with Crippen LogP contribution in [0.5, 0.6) is 0 Å². The summed E-state index contributed by atoms with van der Waals surface area (Å²) in [5, 5.41) is 0. The van der Waals surface area contributed by atoms with Crippen molar-refractivity contribution in [2.24, 2.45) is 0 Å². The van der Waals surface area contributed by atoms with Gasteiger partial charge in [0.2, 0.25) is 0 Å². The Balaban J connectivity index is 2.93. The zero-order valence-corrected chi connectivity index (χ0v) is 7.32. The standard InChI is InChI=1S/C7H5IN2/c8-10-5-9-6-3-1-2-4-7(6)10/h1-5H. The summed E-state index contributed by atoms with van der Waals surface area (Å²) in [5.74, 6) is 0. The first kappa shape index (κ1) is 6.15. The fraction of sp³-hybridized carbons (Fsp3) is 0. The van der Waals surface area contributed by atoms with Gasteiger partial charge in [0.15, 0.2) is 0 Å². The molecular formula is C7H5IN2. The maximum atomic E-state index is 4.17. The molecule has 0 unspecified atom stereocenters. The van der Waals surface area contributed by atoms with E-state index in [0.29, 0.717) is 0 Å². The lowest BCUT2D eigenvalue weighted by molar-refractivity contribution is 1.31. The summed E-state index contributed by atoms with van der Waals surface area (Å²) in [6.45, 7) is 0. The first-order chi connectivity index (χ1) is 4.88. The average Bonchev–Trinajstić information content (AvgIpc) is 2.34. The molecule has 1 aromatic heterocycles. The molecule has 0 atom stereocenters. The van der Waals surface area contributed by atoms with E-state index in [0.717, 1.165) is 5.52 Å². The molecule has 1 aromatic carbocycles. The summed E-state index contributed by atoms with van der Waals surface area (Å²) in [4.78, 5) is 4.17. The van der Waals surface area contributed by atoms with Gasteiger partial charge in [-0.25, -0.2) is 4.98 Å². The second-order valence-electron chi connectivity index (χ2n) is 2.04. The summed E-state index contributed by atoms with van der Waals surface area (Å²) < 4.78 is 1.98. The Bertz CT molecular complexity index is 353. The summed E-state index contributed by atoms with van der Waals surface area (Å²) in [6.07, 6.45) is 1.81. The van der Waals surface area contributed by atoms with E-state index in [1.807, 2.05) is 27.3 Å². The van der Waals surface area contributed by atoms with Gasteiger partial charge in [-0.15, -0.1) is 0 Å². The van der Waals surface area contributed by atoms with Gasteiger partial charge in [-0.2, -0.15) is 0 Å². The van der Waals surface area contributed by atoms with Crippen molar-refractivity contribution in [3.63, 3.8) is 0 Å². The van der Waals surface area contributed by atoms with Gasteiger partial charge in [0.1, 0.15) is 6.33 Å². The highest BCUT2D eigenvalue weighted by Gasteiger charge is 1.95. The normalized spacial score (nSPS) is 10.5. The van der Waals surface area contributed by atoms with Crippen molar-refractivity contribution in [1.29, 1.82) is 0 Å². The quantitative estimate of drug-likeness (QED) is 0.650. The van der Waals surface area contributed by atoms with Crippen molar-refractivity contribution in [3.8, 4) is 0 Å². The fourth-order valence-electron chi connectivity index (χ4n) is 0.929. The van der Waals surface area contributed by atoms with E-state index in [2.05, 4.69) is 33.9 Å². The zero-order chi connectivity index (χ0) is 6.97. The number of rotatable bonds is 0. The van der Waals surface area contributed by atoms with Crippen LogP contribution in [-0.2, 0) is 0 Å². The van der Waals surface area contributed by atoms with Gasteiger partial charge in [0.25, 0.3) is 0 Å². The van der Waals surface area contributed by atoms with Crippen LogP contribution in [0.4, 0.5) is 0 Å². The Hall–Kier alpha value is -0.580. The first-order valence-corrected chi connectivity index (χ1v) is 3.92. The molecule has 2 nitrogen and oxygen atoms in total. The summed E-state index contributed by atoms with van der Waals surface area (Å²) in [5.41, 5.74) is 2.22. The van der Waals surface area contributed by atoms with Crippen LogP contribution in [0.25, 0.3) is 11.0 Å². The van der Waals surface area contributed by atoms with Gasteiger partial charge < -0.3 is 0 Å². The van der Waals surface area contributed by atoms with Crippen LogP contribution in [0.15, 0.2) is 30.6 Å². The molecule has 0 spiro atoms. The fourth-order valence-corrected chi connectivity index (χ4v) is 1.46. The van der Waals surface area contributed by atoms with Gasteiger partial charge in [0, 0.05) is 0 Å². The lowest BCUT2D eigenvalue weighted by atomic mass is 10.3. The smallest absolute Gasteiger partial charge is 0.105 e. The molecule has 0 saturated carbocycles. The van der Waals surface area contributed by atoms with Crippen molar-refractivity contribution in [1.82, 2.24) is 7.76 Å². The van der Waals surface area contributed by atoms with Crippen LogP contribution in [0.2, 0.25) is 0 Å². The Morgan fingerprint density at radius 1 is 1.30 bits per heavy atom. The highest BCUT2D eigenvalue weighted by molar-refractivity contribution is 14.1. The van der Waals surface area contributed by atoms with E-state index in [1.165, 1.54) is 5.52 Å². The molecule has 0 fully saturated rings. The van der Waals surface area contributed by atoms with Crippen molar-refractivity contribution in [2.75, 3.05) is 0 Å². The lowest BCUT2D eigenvalue weighted by Gasteiger charge is -1.87. The third kappa shape index (κ3) is 0.811. The Morgan fingerprint density at radius 2 is 2.10 bits per heavy atom. The molecule has 0 amide bonds. The van der Waals surface area contributed by atoms with Gasteiger partial charge in [0.05, 0.1) is 33.9 Å². The average molecular weight is 244 g/mol. The predicted octanol–water partition coefficient (Wildman–Crippen LogP) is 2.23. The molecule has 2 aromatic rings. The highest BCUT2D eigenvalue weighted by atomic mass is 127. The number of benzene rings is 1. The minimum atomic E-state index is 1.05. The molecule has 0 aliphatic heterocycles. The van der Waals surface area contributed by atoms with E-state index in [4.69, 9.17) is 0 Å². The second kappa shape index (κ2) is 2.23. The van der Waals surface area contributed by atoms with Crippen molar-refractivity contribution >= 4 is 33.9 Å². The Kier molecular flexibility index (Phi) is 1.37. The minimum Gasteiger partial charge on any atom is -0.271 e. The third-order valence-electron chi connectivity index (χ3n) is 1.41. The SMILES string of the molecule is In1cnc2ccccc21. The maximum Gasteiger partial charge on any atom is 0.105 e. The van der Waals surface area contributed by atoms with Crippen LogP contribution in [-0.4, -0.2) is 7.76 Å². The largest absolute Gasteiger partial charge is 0.271 e. The monoisotopic (exact) mass is 244 g/mol. The predicted molar refractivity (Wildman–Crippen MR) is 49.2 cm³/mol.